The Morgan fingerprint density at radius 1 is 0.893 bits per heavy atom. The van der Waals surface area contributed by atoms with Gasteiger partial charge in [-0.2, -0.15) is 0 Å². The van der Waals surface area contributed by atoms with Gasteiger partial charge in [0.25, 0.3) is 0 Å². The molecular weight excluding hydrogens is 350 g/mol. The highest BCUT2D eigenvalue weighted by Gasteiger charge is 2.28. The highest BCUT2D eigenvalue weighted by Crippen LogP contribution is 2.17. The smallest absolute Gasteiger partial charge is 0.323 e. The van der Waals surface area contributed by atoms with Gasteiger partial charge in [0.05, 0.1) is 18.0 Å². The SMILES string of the molecule is CCOC(=O)C(Cc1ccccc1)N(Cc1ccccn1)Cc1ccccn1. The lowest BCUT2D eigenvalue weighted by Gasteiger charge is -2.30. The van der Waals surface area contributed by atoms with Crippen molar-refractivity contribution in [1.29, 1.82) is 0 Å². The first kappa shape index (κ1) is 19.7. The molecule has 28 heavy (non-hydrogen) atoms. The zero-order chi connectivity index (χ0) is 19.6. The predicted molar refractivity (Wildman–Crippen MR) is 108 cm³/mol. The first-order valence-electron chi connectivity index (χ1n) is 9.50. The Labute approximate surface area is 166 Å². The maximum Gasteiger partial charge on any atom is 0.323 e. The summed E-state index contributed by atoms with van der Waals surface area (Å²) in [5.41, 5.74) is 2.90. The molecule has 0 bridgehead atoms. The molecule has 5 heteroatoms. The van der Waals surface area contributed by atoms with Crippen molar-refractivity contribution in [3.8, 4) is 0 Å². The second-order valence-electron chi connectivity index (χ2n) is 6.50. The monoisotopic (exact) mass is 375 g/mol. The molecule has 1 unspecified atom stereocenters. The topological polar surface area (TPSA) is 55.3 Å². The third kappa shape index (κ3) is 5.72. The molecule has 0 radical (unpaired) electrons. The van der Waals surface area contributed by atoms with Crippen molar-refractivity contribution in [3.05, 3.63) is 96.1 Å². The van der Waals surface area contributed by atoms with Gasteiger partial charge in [0, 0.05) is 25.5 Å². The number of carbonyl (C=O) groups is 1. The number of esters is 1. The number of ether oxygens (including phenoxy) is 1. The van der Waals surface area contributed by atoms with E-state index < -0.39 is 6.04 Å². The summed E-state index contributed by atoms with van der Waals surface area (Å²) in [5, 5.41) is 0. The molecule has 2 heterocycles. The minimum atomic E-state index is -0.425. The average molecular weight is 375 g/mol. The van der Waals surface area contributed by atoms with Gasteiger partial charge in [-0.25, -0.2) is 0 Å². The zero-order valence-corrected chi connectivity index (χ0v) is 16.1. The van der Waals surface area contributed by atoms with E-state index in [2.05, 4.69) is 14.9 Å². The molecule has 5 nitrogen and oxygen atoms in total. The summed E-state index contributed by atoms with van der Waals surface area (Å²) in [7, 11) is 0. The Kier molecular flexibility index (Phi) is 7.27. The van der Waals surface area contributed by atoms with E-state index in [9.17, 15) is 4.79 Å². The van der Waals surface area contributed by atoms with E-state index in [0.717, 1.165) is 17.0 Å². The second-order valence-corrected chi connectivity index (χ2v) is 6.50. The normalized spacial score (nSPS) is 11.9. The molecule has 2 aromatic heterocycles. The summed E-state index contributed by atoms with van der Waals surface area (Å²) in [6.45, 7) is 3.26. The molecule has 1 atom stereocenters. The van der Waals surface area contributed by atoms with Gasteiger partial charge in [-0.05, 0) is 43.2 Å². The number of aromatic nitrogens is 2. The molecule has 1 aromatic carbocycles. The molecule has 3 aromatic rings. The largest absolute Gasteiger partial charge is 0.465 e. The van der Waals surface area contributed by atoms with Crippen LogP contribution < -0.4 is 0 Å². The van der Waals surface area contributed by atoms with Crippen LogP contribution in [0.5, 0.6) is 0 Å². The maximum absolute atomic E-state index is 12.9. The van der Waals surface area contributed by atoms with Crippen LogP contribution in [0, 0.1) is 0 Å². The molecule has 3 rings (SSSR count). The lowest BCUT2D eigenvalue weighted by atomic mass is 10.0. The molecule has 0 amide bonds. The van der Waals surface area contributed by atoms with Gasteiger partial charge in [-0.15, -0.1) is 0 Å². The van der Waals surface area contributed by atoms with E-state index in [-0.39, 0.29) is 5.97 Å². The van der Waals surface area contributed by atoms with Crippen LogP contribution in [0.25, 0.3) is 0 Å². The van der Waals surface area contributed by atoms with Gasteiger partial charge in [-0.1, -0.05) is 42.5 Å². The van der Waals surface area contributed by atoms with Crippen molar-refractivity contribution in [3.63, 3.8) is 0 Å². The van der Waals surface area contributed by atoms with Crippen molar-refractivity contribution in [2.24, 2.45) is 0 Å². The van der Waals surface area contributed by atoms with E-state index in [1.165, 1.54) is 0 Å². The molecule has 0 aliphatic carbocycles. The average Bonchev–Trinajstić information content (AvgIpc) is 2.74. The lowest BCUT2D eigenvalue weighted by Crippen LogP contribution is -2.43. The molecule has 0 saturated heterocycles. The van der Waals surface area contributed by atoms with Crippen LogP contribution in [0.3, 0.4) is 0 Å². The number of carbonyl (C=O) groups excluding carboxylic acids is 1. The predicted octanol–water partition coefficient (Wildman–Crippen LogP) is 3.65. The van der Waals surface area contributed by atoms with E-state index in [1.54, 1.807) is 12.4 Å². The first-order valence-corrected chi connectivity index (χ1v) is 9.50. The number of hydrogen-bond acceptors (Lipinski definition) is 5. The Hall–Kier alpha value is -3.05. The first-order chi connectivity index (χ1) is 13.8. The minimum Gasteiger partial charge on any atom is -0.465 e. The summed E-state index contributed by atoms with van der Waals surface area (Å²) >= 11 is 0. The Balaban J connectivity index is 1.90. The summed E-state index contributed by atoms with van der Waals surface area (Å²) in [6.07, 6.45) is 4.11. The van der Waals surface area contributed by atoms with Crippen molar-refractivity contribution >= 4 is 5.97 Å². The van der Waals surface area contributed by atoms with Crippen LogP contribution >= 0.6 is 0 Å². The molecule has 0 saturated carbocycles. The molecule has 0 spiro atoms. The van der Waals surface area contributed by atoms with Gasteiger partial charge in [-0.3, -0.25) is 19.7 Å². The zero-order valence-electron chi connectivity index (χ0n) is 16.1. The minimum absolute atomic E-state index is 0.224. The van der Waals surface area contributed by atoms with Gasteiger partial charge >= 0.3 is 5.97 Å². The van der Waals surface area contributed by atoms with Gasteiger partial charge < -0.3 is 4.74 Å². The van der Waals surface area contributed by atoms with Gasteiger partial charge in [0.15, 0.2) is 0 Å². The standard InChI is InChI=1S/C23H25N3O2/c1-2-28-23(27)22(16-19-10-4-3-5-11-19)26(17-20-12-6-8-14-24-20)18-21-13-7-9-15-25-21/h3-15,22H,2,16-18H2,1H3. The lowest BCUT2D eigenvalue weighted by molar-refractivity contribution is -0.150. The number of pyridine rings is 2. The molecule has 0 fully saturated rings. The third-order valence-electron chi connectivity index (χ3n) is 4.45. The van der Waals surface area contributed by atoms with Crippen LogP contribution in [0.4, 0.5) is 0 Å². The number of rotatable bonds is 9. The molecule has 0 aliphatic heterocycles. The van der Waals surface area contributed by atoms with Crippen molar-refractivity contribution < 1.29 is 9.53 Å². The summed E-state index contributed by atoms with van der Waals surface area (Å²) in [6, 6.07) is 21.2. The van der Waals surface area contributed by atoms with E-state index in [0.29, 0.717) is 26.1 Å². The fourth-order valence-corrected chi connectivity index (χ4v) is 3.11. The Bertz CT molecular complexity index is 800. The van der Waals surface area contributed by atoms with Crippen LogP contribution in [0.2, 0.25) is 0 Å². The maximum atomic E-state index is 12.9. The highest BCUT2D eigenvalue weighted by atomic mass is 16.5. The molecule has 144 valence electrons. The number of benzene rings is 1. The molecule has 0 N–H and O–H groups in total. The highest BCUT2D eigenvalue weighted by molar-refractivity contribution is 5.76. The van der Waals surface area contributed by atoms with Gasteiger partial charge in [0.2, 0.25) is 0 Å². The summed E-state index contributed by atoms with van der Waals surface area (Å²) < 4.78 is 5.41. The second kappa shape index (κ2) is 10.3. The van der Waals surface area contributed by atoms with Crippen molar-refractivity contribution in [2.45, 2.75) is 32.5 Å². The fourth-order valence-electron chi connectivity index (χ4n) is 3.11. The van der Waals surface area contributed by atoms with Crippen LogP contribution in [-0.2, 0) is 29.0 Å². The summed E-state index contributed by atoms with van der Waals surface area (Å²) in [4.78, 5) is 23.8. The Morgan fingerprint density at radius 2 is 1.46 bits per heavy atom. The van der Waals surface area contributed by atoms with Crippen LogP contribution in [-0.4, -0.2) is 33.5 Å². The molecule has 0 aliphatic rings. The van der Waals surface area contributed by atoms with Crippen LogP contribution in [0.15, 0.2) is 79.1 Å². The number of nitrogens with zero attached hydrogens (tertiary/aromatic N) is 3. The fraction of sp³-hybridized carbons (Fsp3) is 0.261. The van der Waals surface area contributed by atoms with E-state index in [4.69, 9.17) is 4.74 Å². The van der Waals surface area contributed by atoms with Crippen molar-refractivity contribution in [1.82, 2.24) is 14.9 Å². The van der Waals surface area contributed by atoms with Crippen LogP contribution in [0.1, 0.15) is 23.9 Å². The van der Waals surface area contributed by atoms with E-state index in [1.807, 2.05) is 73.7 Å². The summed E-state index contributed by atoms with van der Waals surface area (Å²) in [5.74, 6) is -0.224. The van der Waals surface area contributed by atoms with E-state index >= 15 is 0 Å². The van der Waals surface area contributed by atoms with Gasteiger partial charge in [0.1, 0.15) is 6.04 Å². The van der Waals surface area contributed by atoms with Crippen molar-refractivity contribution in [2.75, 3.05) is 6.61 Å². The molecular formula is C23H25N3O2. The number of hydrogen-bond donors (Lipinski definition) is 0. The quantitative estimate of drug-likeness (QED) is 0.534. The Morgan fingerprint density at radius 3 is 1.96 bits per heavy atom. The third-order valence-corrected chi connectivity index (χ3v) is 4.45.